The minimum Gasteiger partial charge on any atom is -0.497 e. The van der Waals surface area contributed by atoms with Crippen LogP contribution in [0.2, 0.25) is 0 Å². The number of hydrogen-bond donors (Lipinski definition) is 2. The SMILES string of the molecule is CCCCN(C(=O)CN1CC(c2ccc3c(c2)OCO3)C(C(=O)O)C1c1ccc(OC)cc1)c1cccc(CN)c1. The summed E-state index contributed by atoms with van der Waals surface area (Å²) in [6.07, 6.45) is 1.78. The van der Waals surface area contributed by atoms with Gasteiger partial charge in [-0.05, 0) is 59.5 Å². The van der Waals surface area contributed by atoms with Crippen molar-refractivity contribution in [2.24, 2.45) is 11.7 Å². The largest absolute Gasteiger partial charge is 0.497 e. The Labute approximate surface area is 240 Å². The number of carbonyl (C=O) groups is 2. The first-order valence-electron chi connectivity index (χ1n) is 14.0. The van der Waals surface area contributed by atoms with Gasteiger partial charge in [0.1, 0.15) is 5.75 Å². The first-order valence-corrected chi connectivity index (χ1v) is 14.0. The molecule has 2 aliphatic heterocycles. The van der Waals surface area contributed by atoms with Gasteiger partial charge in [-0.25, -0.2) is 0 Å². The quantitative estimate of drug-likeness (QED) is 0.352. The Kier molecular flexibility index (Phi) is 8.75. The second-order valence-corrected chi connectivity index (χ2v) is 10.5. The summed E-state index contributed by atoms with van der Waals surface area (Å²) >= 11 is 0. The molecule has 1 saturated heterocycles. The van der Waals surface area contributed by atoms with Gasteiger partial charge in [-0.15, -0.1) is 0 Å². The molecule has 5 rings (SSSR count). The van der Waals surface area contributed by atoms with Crippen LogP contribution in [0.15, 0.2) is 66.7 Å². The molecule has 216 valence electrons. The molecule has 1 amide bonds. The lowest BCUT2D eigenvalue weighted by atomic mass is 9.82. The highest BCUT2D eigenvalue weighted by Gasteiger charge is 2.48. The lowest BCUT2D eigenvalue weighted by Gasteiger charge is -2.30. The monoisotopic (exact) mass is 559 g/mol. The molecule has 41 heavy (non-hydrogen) atoms. The van der Waals surface area contributed by atoms with E-state index < -0.39 is 17.9 Å². The van der Waals surface area contributed by atoms with Crippen LogP contribution in [0.4, 0.5) is 5.69 Å². The van der Waals surface area contributed by atoms with Gasteiger partial charge in [0.25, 0.3) is 0 Å². The van der Waals surface area contributed by atoms with Gasteiger partial charge in [0, 0.05) is 37.3 Å². The van der Waals surface area contributed by atoms with Crippen molar-refractivity contribution < 1.29 is 28.9 Å². The third-order valence-electron chi connectivity index (χ3n) is 8.00. The van der Waals surface area contributed by atoms with E-state index in [1.807, 2.05) is 71.6 Å². The van der Waals surface area contributed by atoms with E-state index >= 15 is 0 Å². The summed E-state index contributed by atoms with van der Waals surface area (Å²) in [5.41, 5.74) is 9.29. The van der Waals surface area contributed by atoms with Crippen molar-refractivity contribution in [1.82, 2.24) is 4.90 Å². The fourth-order valence-corrected chi connectivity index (χ4v) is 5.90. The zero-order valence-corrected chi connectivity index (χ0v) is 23.5. The van der Waals surface area contributed by atoms with Crippen molar-refractivity contribution in [2.45, 2.75) is 38.3 Å². The van der Waals surface area contributed by atoms with Crippen LogP contribution in [0.25, 0.3) is 0 Å². The Morgan fingerprint density at radius 3 is 2.51 bits per heavy atom. The molecule has 9 heteroatoms. The van der Waals surface area contributed by atoms with E-state index in [0.29, 0.717) is 36.9 Å². The van der Waals surface area contributed by atoms with Crippen molar-refractivity contribution in [2.75, 3.05) is 38.4 Å². The van der Waals surface area contributed by atoms with E-state index in [-0.39, 0.29) is 25.2 Å². The molecule has 0 radical (unpaired) electrons. The number of ether oxygens (including phenoxy) is 3. The second-order valence-electron chi connectivity index (χ2n) is 10.5. The molecule has 0 spiro atoms. The van der Waals surface area contributed by atoms with Crippen molar-refractivity contribution >= 4 is 17.6 Å². The molecule has 0 aromatic heterocycles. The average Bonchev–Trinajstić information content (AvgIpc) is 3.62. The number of methoxy groups -OCH3 is 1. The third-order valence-corrected chi connectivity index (χ3v) is 8.00. The third kappa shape index (κ3) is 6.01. The highest BCUT2D eigenvalue weighted by Crippen LogP contribution is 2.48. The Balaban J connectivity index is 1.51. The summed E-state index contributed by atoms with van der Waals surface area (Å²) in [5.74, 6) is -0.230. The number of aliphatic carboxylic acids is 1. The number of anilines is 1. The minimum atomic E-state index is -0.915. The number of benzene rings is 3. The summed E-state index contributed by atoms with van der Waals surface area (Å²) in [6, 6.07) is 20.2. The lowest BCUT2D eigenvalue weighted by Crippen LogP contribution is -2.41. The Morgan fingerprint density at radius 2 is 1.80 bits per heavy atom. The first-order chi connectivity index (χ1) is 19.9. The Morgan fingerprint density at radius 1 is 1.05 bits per heavy atom. The molecule has 3 N–H and O–H groups in total. The van der Waals surface area contributed by atoms with Crippen molar-refractivity contribution in [3.05, 3.63) is 83.4 Å². The van der Waals surface area contributed by atoms with E-state index in [1.165, 1.54) is 0 Å². The lowest BCUT2D eigenvalue weighted by molar-refractivity contribution is -0.143. The van der Waals surface area contributed by atoms with Gasteiger partial charge in [-0.2, -0.15) is 0 Å². The molecule has 2 aliphatic rings. The number of carbonyl (C=O) groups excluding carboxylic acids is 1. The number of unbranched alkanes of at least 4 members (excludes halogenated alkanes) is 1. The molecule has 3 unspecified atom stereocenters. The number of rotatable bonds is 11. The van der Waals surface area contributed by atoms with Crippen LogP contribution in [0.5, 0.6) is 17.2 Å². The van der Waals surface area contributed by atoms with Crippen LogP contribution in [0, 0.1) is 5.92 Å². The first kappa shape index (κ1) is 28.4. The number of hydrogen-bond acceptors (Lipinski definition) is 7. The zero-order chi connectivity index (χ0) is 28.9. The minimum absolute atomic E-state index is 0.0676. The molecule has 9 nitrogen and oxygen atoms in total. The molecule has 3 aromatic rings. The standard InChI is InChI=1S/C32H37N3O6/c1-3-4-14-35(24-7-5-6-21(15-24)17-33)29(36)19-34-18-26(23-10-13-27-28(16-23)41-20-40-27)30(32(37)38)31(34)22-8-11-25(39-2)12-9-22/h5-13,15-16,26,30-31H,3-4,14,17-20,33H2,1-2H3,(H,37,38). The zero-order valence-electron chi connectivity index (χ0n) is 23.5. The number of nitrogens with two attached hydrogens (primary N) is 1. The van der Waals surface area contributed by atoms with E-state index in [2.05, 4.69) is 6.92 Å². The van der Waals surface area contributed by atoms with E-state index in [4.69, 9.17) is 19.9 Å². The van der Waals surface area contributed by atoms with E-state index in [1.54, 1.807) is 12.0 Å². The fourth-order valence-electron chi connectivity index (χ4n) is 5.90. The molecule has 0 bridgehead atoms. The summed E-state index contributed by atoms with van der Waals surface area (Å²) in [6.45, 7) is 3.64. The summed E-state index contributed by atoms with van der Waals surface area (Å²) in [4.78, 5) is 30.7. The summed E-state index contributed by atoms with van der Waals surface area (Å²) in [7, 11) is 1.59. The molecule has 3 aromatic carbocycles. The highest BCUT2D eigenvalue weighted by molar-refractivity contribution is 5.95. The van der Waals surface area contributed by atoms with Crippen LogP contribution in [0.3, 0.4) is 0 Å². The van der Waals surface area contributed by atoms with Crippen LogP contribution in [0.1, 0.15) is 48.4 Å². The van der Waals surface area contributed by atoms with Crippen LogP contribution in [-0.2, 0) is 16.1 Å². The number of likely N-dealkylation sites (tertiary alicyclic amines) is 1. The van der Waals surface area contributed by atoms with Crippen LogP contribution in [-0.4, -0.2) is 55.4 Å². The molecular weight excluding hydrogens is 522 g/mol. The number of fused-ring (bicyclic) bond motifs is 1. The number of nitrogens with zero attached hydrogens (tertiary/aromatic N) is 2. The molecule has 1 fully saturated rings. The van der Waals surface area contributed by atoms with E-state index in [0.717, 1.165) is 35.2 Å². The van der Waals surface area contributed by atoms with Crippen molar-refractivity contribution in [1.29, 1.82) is 0 Å². The van der Waals surface area contributed by atoms with Gasteiger partial charge in [0.05, 0.1) is 19.6 Å². The van der Waals surface area contributed by atoms with Gasteiger partial charge in [-0.3, -0.25) is 14.5 Å². The molecule has 2 heterocycles. The predicted octanol–water partition coefficient (Wildman–Crippen LogP) is 4.56. The maximum Gasteiger partial charge on any atom is 0.309 e. The molecule has 3 atom stereocenters. The smallest absolute Gasteiger partial charge is 0.309 e. The molecular formula is C32H37N3O6. The van der Waals surface area contributed by atoms with Gasteiger partial charge >= 0.3 is 5.97 Å². The Hall–Kier alpha value is -4.08. The second kappa shape index (κ2) is 12.6. The maximum atomic E-state index is 14.0. The average molecular weight is 560 g/mol. The van der Waals surface area contributed by atoms with E-state index in [9.17, 15) is 14.7 Å². The van der Waals surface area contributed by atoms with Gasteiger partial charge < -0.3 is 30.0 Å². The Bertz CT molecular complexity index is 1380. The highest BCUT2D eigenvalue weighted by atomic mass is 16.7. The summed E-state index contributed by atoms with van der Waals surface area (Å²) in [5, 5.41) is 10.6. The van der Waals surface area contributed by atoms with Gasteiger partial charge in [0.15, 0.2) is 11.5 Å². The molecule has 0 saturated carbocycles. The predicted molar refractivity (Wildman–Crippen MR) is 155 cm³/mol. The van der Waals surface area contributed by atoms with Crippen LogP contribution >= 0.6 is 0 Å². The molecule has 0 aliphatic carbocycles. The van der Waals surface area contributed by atoms with Crippen LogP contribution < -0.4 is 24.8 Å². The maximum absolute atomic E-state index is 14.0. The normalized spacial score (nSPS) is 19.7. The number of carboxylic acids is 1. The summed E-state index contributed by atoms with van der Waals surface area (Å²) < 4.78 is 16.4. The topological polar surface area (TPSA) is 115 Å². The number of carboxylic acid groups (broad SMARTS) is 1. The number of amides is 1. The van der Waals surface area contributed by atoms with Crippen molar-refractivity contribution in [3.8, 4) is 17.2 Å². The van der Waals surface area contributed by atoms with Crippen molar-refractivity contribution in [3.63, 3.8) is 0 Å². The van der Waals surface area contributed by atoms with Gasteiger partial charge in [-0.1, -0.05) is 43.7 Å². The van der Waals surface area contributed by atoms with Gasteiger partial charge in [0.2, 0.25) is 12.7 Å². The fraction of sp³-hybridized carbons (Fsp3) is 0.375.